The van der Waals surface area contributed by atoms with E-state index in [0.717, 1.165) is 16.6 Å². The standard InChI is InChI=1S/C18H25N3O2/c1-12(2)14(22)8-6-7-13-9-19-16-15(13)17(21-11-20-16)23-10-18(3,4)5/h6,8-9,11-12H,7,10H2,1-5H3,(H,19,20,21). The molecule has 5 nitrogen and oxygen atoms in total. The summed E-state index contributed by atoms with van der Waals surface area (Å²) in [7, 11) is 0. The fourth-order valence-electron chi connectivity index (χ4n) is 2.05. The average molecular weight is 315 g/mol. The largest absolute Gasteiger partial charge is 0.477 e. The summed E-state index contributed by atoms with van der Waals surface area (Å²) >= 11 is 0. The molecule has 23 heavy (non-hydrogen) atoms. The van der Waals surface area contributed by atoms with E-state index in [1.165, 1.54) is 6.33 Å². The number of fused-ring (bicyclic) bond motifs is 1. The maximum absolute atomic E-state index is 11.7. The molecule has 0 saturated heterocycles. The Labute approximate surface area is 137 Å². The van der Waals surface area contributed by atoms with Crippen molar-refractivity contribution < 1.29 is 9.53 Å². The van der Waals surface area contributed by atoms with Crippen LogP contribution in [0.3, 0.4) is 0 Å². The molecule has 0 unspecified atom stereocenters. The first kappa shape index (κ1) is 17.2. The number of nitrogens with zero attached hydrogens (tertiary/aromatic N) is 2. The van der Waals surface area contributed by atoms with Crippen molar-refractivity contribution in [3.63, 3.8) is 0 Å². The molecule has 0 aromatic carbocycles. The smallest absolute Gasteiger partial charge is 0.226 e. The zero-order valence-electron chi connectivity index (χ0n) is 14.5. The molecule has 1 N–H and O–H groups in total. The van der Waals surface area contributed by atoms with Crippen LogP contribution in [0.25, 0.3) is 11.0 Å². The van der Waals surface area contributed by atoms with Crippen molar-refractivity contribution in [3.05, 3.63) is 30.2 Å². The topological polar surface area (TPSA) is 67.9 Å². The molecule has 0 fully saturated rings. The molecular formula is C18H25N3O2. The molecular weight excluding hydrogens is 290 g/mol. The van der Waals surface area contributed by atoms with Gasteiger partial charge in [0.2, 0.25) is 5.88 Å². The van der Waals surface area contributed by atoms with Crippen LogP contribution in [0, 0.1) is 11.3 Å². The molecule has 2 heterocycles. The number of hydrogen-bond acceptors (Lipinski definition) is 4. The second kappa shape index (κ2) is 6.94. The van der Waals surface area contributed by atoms with Crippen molar-refractivity contribution in [1.29, 1.82) is 0 Å². The molecule has 0 aliphatic carbocycles. The number of hydrogen-bond donors (Lipinski definition) is 1. The summed E-state index contributed by atoms with van der Waals surface area (Å²) in [5, 5.41) is 0.887. The first-order valence-electron chi connectivity index (χ1n) is 7.92. The monoisotopic (exact) mass is 315 g/mol. The zero-order chi connectivity index (χ0) is 17.0. The molecule has 0 spiro atoms. The van der Waals surface area contributed by atoms with Crippen molar-refractivity contribution in [2.24, 2.45) is 11.3 Å². The molecule has 0 bridgehead atoms. The van der Waals surface area contributed by atoms with Gasteiger partial charge in [0.15, 0.2) is 5.78 Å². The van der Waals surface area contributed by atoms with Crippen LogP contribution in [-0.2, 0) is 11.2 Å². The Kier molecular flexibility index (Phi) is 5.19. The fourth-order valence-corrected chi connectivity index (χ4v) is 2.05. The molecule has 2 aromatic heterocycles. The number of nitrogens with one attached hydrogen (secondary N) is 1. The van der Waals surface area contributed by atoms with Crippen molar-refractivity contribution in [1.82, 2.24) is 15.0 Å². The summed E-state index contributed by atoms with van der Waals surface area (Å²) < 4.78 is 5.89. The minimum atomic E-state index is 0.0169. The first-order chi connectivity index (χ1) is 10.8. The van der Waals surface area contributed by atoms with Gasteiger partial charge in [-0.2, -0.15) is 0 Å². The Bertz CT molecular complexity index is 709. The Morgan fingerprint density at radius 2 is 2.09 bits per heavy atom. The minimum absolute atomic E-state index is 0.0169. The summed E-state index contributed by atoms with van der Waals surface area (Å²) in [6.45, 7) is 10.7. The summed E-state index contributed by atoms with van der Waals surface area (Å²) in [5.74, 6) is 0.735. The van der Waals surface area contributed by atoms with Crippen molar-refractivity contribution >= 4 is 16.8 Å². The quantitative estimate of drug-likeness (QED) is 0.825. The highest BCUT2D eigenvalue weighted by atomic mass is 16.5. The molecule has 5 heteroatoms. The Hall–Kier alpha value is -2.17. The van der Waals surface area contributed by atoms with Gasteiger partial charge in [0.25, 0.3) is 0 Å². The van der Waals surface area contributed by atoms with Gasteiger partial charge in [0.1, 0.15) is 12.0 Å². The van der Waals surface area contributed by atoms with Gasteiger partial charge in [-0.15, -0.1) is 0 Å². The number of aromatic nitrogens is 3. The fraction of sp³-hybridized carbons (Fsp3) is 0.500. The number of carbonyl (C=O) groups is 1. The lowest BCUT2D eigenvalue weighted by Gasteiger charge is -2.18. The van der Waals surface area contributed by atoms with E-state index < -0.39 is 0 Å². The number of H-pyrrole nitrogens is 1. The molecule has 0 atom stereocenters. The lowest BCUT2D eigenvalue weighted by molar-refractivity contribution is -0.117. The minimum Gasteiger partial charge on any atom is -0.477 e. The van der Waals surface area contributed by atoms with Crippen LogP contribution < -0.4 is 4.74 Å². The van der Waals surface area contributed by atoms with Crippen molar-refractivity contribution in [3.8, 4) is 5.88 Å². The van der Waals surface area contributed by atoms with Crippen LogP contribution in [0.4, 0.5) is 0 Å². The van der Waals surface area contributed by atoms with Crippen molar-refractivity contribution in [2.75, 3.05) is 6.61 Å². The average Bonchev–Trinajstić information content (AvgIpc) is 2.88. The lowest BCUT2D eigenvalue weighted by atomic mass is 9.99. The summed E-state index contributed by atoms with van der Waals surface area (Å²) in [4.78, 5) is 23.3. The van der Waals surface area contributed by atoms with E-state index in [9.17, 15) is 4.79 Å². The van der Waals surface area contributed by atoms with Crippen LogP contribution >= 0.6 is 0 Å². The number of ether oxygens (including phenoxy) is 1. The van der Waals surface area contributed by atoms with E-state index in [0.29, 0.717) is 18.9 Å². The van der Waals surface area contributed by atoms with Gasteiger partial charge in [-0.3, -0.25) is 4.79 Å². The van der Waals surface area contributed by atoms with E-state index in [-0.39, 0.29) is 17.1 Å². The van der Waals surface area contributed by atoms with Crippen molar-refractivity contribution in [2.45, 2.75) is 41.0 Å². The Morgan fingerprint density at radius 3 is 2.74 bits per heavy atom. The third kappa shape index (κ3) is 4.65. The van der Waals surface area contributed by atoms with Crippen LogP contribution in [0.2, 0.25) is 0 Å². The predicted molar refractivity (Wildman–Crippen MR) is 91.5 cm³/mol. The van der Waals surface area contributed by atoms with Gasteiger partial charge < -0.3 is 9.72 Å². The zero-order valence-corrected chi connectivity index (χ0v) is 14.5. The maximum Gasteiger partial charge on any atom is 0.226 e. The van der Waals surface area contributed by atoms with E-state index in [1.807, 2.05) is 26.1 Å². The summed E-state index contributed by atoms with van der Waals surface area (Å²) in [5.41, 5.74) is 1.83. The van der Waals surface area contributed by atoms with Crippen LogP contribution in [-0.4, -0.2) is 27.3 Å². The third-order valence-corrected chi connectivity index (χ3v) is 3.35. The van der Waals surface area contributed by atoms with Gasteiger partial charge in [0.05, 0.1) is 12.0 Å². The summed E-state index contributed by atoms with van der Waals surface area (Å²) in [6, 6.07) is 0. The van der Waals surface area contributed by atoms with Gasteiger partial charge in [-0.25, -0.2) is 9.97 Å². The second-order valence-corrected chi connectivity index (χ2v) is 7.23. The Balaban J connectivity index is 2.22. The highest BCUT2D eigenvalue weighted by molar-refractivity contribution is 5.91. The molecule has 0 aliphatic rings. The van der Waals surface area contributed by atoms with E-state index in [4.69, 9.17) is 4.74 Å². The highest BCUT2D eigenvalue weighted by Crippen LogP contribution is 2.27. The normalized spacial score (nSPS) is 12.4. The van der Waals surface area contributed by atoms with E-state index >= 15 is 0 Å². The molecule has 124 valence electrons. The van der Waals surface area contributed by atoms with Gasteiger partial charge in [-0.1, -0.05) is 40.7 Å². The van der Waals surface area contributed by atoms with Gasteiger partial charge >= 0.3 is 0 Å². The Morgan fingerprint density at radius 1 is 1.35 bits per heavy atom. The number of carbonyl (C=O) groups excluding carboxylic acids is 1. The summed E-state index contributed by atoms with van der Waals surface area (Å²) in [6.07, 6.45) is 7.55. The molecule has 0 radical (unpaired) electrons. The van der Waals surface area contributed by atoms with Gasteiger partial charge in [-0.05, 0) is 23.5 Å². The number of aromatic amines is 1. The van der Waals surface area contributed by atoms with Crippen LogP contribution in [0.5, 0.6) is 5.88 Å². The second-order valence-electron chi connectivity index (χ2n) is 7.23. The lowest BCUT2D eigenvalue weighted by Crippen LogP contribution is -2.17. The van der Waals surface area contributed by atoms with E-state index in [1.54, 1.807) is 6.08 Å². The van der Waals surface area contributed by atoms with Crippen LogP contribution in [0.1, 0.15) is 40.2 Å². The number of rotatable bonds is 6. The molecule has 2 rings (SSSR count). The first-order valence-corrected chi connectivity index (χ1v) is 7.92. The SMILES string of the molecule is CC(C)C(=O)C=CCc1c[nH]c2ncnc(OCC(C)(C)C)c12. The molecule has 0 saturated carbocycles. The van der Waals surface area contributed by atoms with Gasteiger partial charge in [0, 0.05) is 12.1 Å². The maximum atomic E-state index is 11.7. The highest BCUT2D eigenvalue weighted by Gasteiger charge is 2.16. The molecule has 0 amide bonds. The molecule has 0 aliphatic heterocycles. The third-order valence-electron chi connectivity index (χ3n) is 3.35. The predicted octanol–water partition coefficient (Wildman–Crippen LogP) is 3.71. The molecule has 2 aromatic rings. The number of ketones is 1. The number of allylic oxidation sites excluding steroid dienone is 2. The van der Waals surface area contributed by atoms with Crippen LogP contribution in [0.15, 0.2) is 24.7 Å². The van der Waals surface area contributed by atoms with E-state index in [2.05, 4.69) is 35.7 Å².